The van der Waals surface area contributed by atoms with Crippen LogP contribution in [-0.2, 0) is 30.2 Å². The van der Waals surface area contributed by atoms with Crippen molar-refractivity contribution in [1.29, 1.82) is 0 Å². The number of hydrogen-bond acceptors (Lipinski definition) is 15. The number of carbonyl (C=O) groups is 4. The summed E-state index contributed by atoms with van der Waals surface area (Å²) >= 11 is 0. The molecule has 2 N–H and O–H groups in total. The number of benzene rings is 3. The summed E-state index contributed by atoms with van der Waals surface area (Å²) < 4.78 is 90.6. The van der Waals surface area contributed by atoms with Crippen LogP contribution in [0.25, 0.3) is 0 Å². The van der Waals surface area contributed by atoms with Gasteiger partial charge < -0.3 is 44.2 Å². The van der Waals surface area contributed by atoms with Gasteiger partial charge in [0.1, 0.15) is 10.1 Å². The maximum absolute atomic E-state index is 13.0. The molecule has 0 radical (unpaired) electrons. The van der Waals surface area contributed by atoms with Crippen LogP contribution >= 0.6 is 0 Å². The molecule has 3 aromatic rings. The Morgan fingerprint density at radius 3 is 0.872 bits per heavy atom. The average Bonchev–Trinajstić information content (AvgIpc) is 2.86. The summed E-state index contributed by atoms with van der Waals surface area (Å²) in [5, 5.41) is 44.8. The number of nitrogens with one attached hydrogen (secondary N) is 2. The Morgan fingerprint density at radius 1 is 0.426 bits per heavy atom. The van der Waals surface area contributed by atoms with Gasteiger partial charge in [-0.2, -0.15) is 0 Å². The van der Waals surface area contributed by atoms with Crippen molar-refractivity contribution in [2.24, 2.45) is 0 Å². The molecule has 3 aromatic carbocycles. The number of sulfonamides is 2. The van der Waals surface area contributed by atoms with Crippen LogP contribution in [0.3, 0.4) is 0 Å². The number of rotatable bonds is 11. The zero-order chi connectivity index (χ0) is 31.8. The van der Waals surface area contributed by atoms with Crippen LogP contribution in [-0.4, -0.2) is 53.7 Å². The van der Waals surface area contributed by atoms with Gasteiger partial charge in [-0.05, 0) is 76.9 Å². The summed E-state index contributed by atoms with van der Waals surface area (Å²) in [7, 11) is -15.8. The average molecular weight is 754 g/mol. The van der Waals surface area contributed by atoms with Crippen LogP contribution in [0.4, 0.5) is 11.4 Å². The third-order valence-corrected chi connectivity index (χ3v) is 8.61. The molecule has 0 atom stereocenters. The topological polar surface area (TPSA) is 310 Å². The Balaban J connectivity index is -0.00000387. The van der Waals surface area contributed by atoms with Gasteiger partial charge in [0.05, 0.1) is 49.9 Å². The number of anilines is 2. The van der Waals surface area contributed by atoms with E-state index < -0.39 is 102 Å². The first-order chi connectivity index (χ1) is 19.2. The molecule has 0 bridgehead atoms. The first kappa shape index (κ1) is 51.3. The van der Waals surface area contributed by atoms with E-state index in [1.807, 2.05) is 0 Å². The Kier molecular flexibility index (Phi) is 22.0. The third-order valence-electron chi connectivity index (χ3n) is 5.08. The first-order valence-corrected chi connectivity index (χ1v) is 14.9. The standard InChI is InChI=1S/C22H16N2O15S3.5Na/c25-19(26)10-1-11(20(27)28)4-14(3-10)23-40(33,34)16-7-17(9-18(8-16)42(37,38)39)41(35,36)24-15-5-12(21(29)30)2-13(6-15)22(31)32;;;;;/h1-9,23-24H,(H,25,26)(H,27,28)(H,29,30)(H,31,32)(H,37,38,39);;;;;/q;5*+1/p-5. The Morgan fingerprint density at radius 2 is 0.660 bits per heavy atom. The summed E-state index contributed by atoms with van der Waals surface area (Å²) in [6.07, 6.45) is 0. The minimum Gasteiger partial charge on any atom is -0.744 e. The fourth-order valence-electron chi connectivity index (χ4n) is 3.27. The van der Waals surface area contributed by atoms with E-state index >= 15 is 0 Å². The molecule has 222 valence electrons. The van der Waals surface area contributed by atoms with Crippen LogP contribution in [0.5, 0.6) is 0 Å². The molecule has 0 amide bonds. The van der Waals surface area contributed by atoms with Crippen molar-refractivity contribution in [3.8, 4) is 0 Å². The molecule has 0 aliphatic carbocycles. The molecule has 0 spiro atoms. The summed E-state index contributed by atoms with van der Waals surface area (Å²) in [5.41, 5.74) is -4.77. The van der Waals surface area contributed by atoms with Crippen LogP contribution in [0.2, 0.25) is 0 Å². The van der Waals surface area contributed by atoms with Gasteiger partial charge in [0.15, 0.2) is 0 Å². The molecule has 0 aromatic heterocycles. The fraction of sp³-hybridized carbons (Fsp3) is 0. The van der Waals surface area contributed by atoms with E-state index in [1.165, 1.54) is 0 Å². The quantitative estimate of drug-likeness (QED) is 0.136. The number of carbonyl (C=O) groups excluding carboxylic acids is 4. The number of aromatic carboxylic acids is 4. The van der Waals surface area contributed by atoms with Gasteiger partial charge >= 0.3 is 148 Å². The molecule has 3 rings (SSSR count). The summed E-state index contributed by atoms with van der Waals surface area (Å²) in [6.45, 7) is 0. The molecular weight excluding hydrogens is 743 g/mol. The smallest absolute Gasteiger partial charge is 0.744 e. The van der Waals surface area contributed by atoms with Crippen molar-refractivity contribution >= 4 is 65.4 Å². The molecule has 17 nitrogen and oxygen atoms in total. The molecule has 0 aliphatic heterocycles. The first-order valence-electron chi connectivity index (χ1n) is 10.5. The van der Waals surface area contributed by atoms with Crippen LogP contribution in [0.15, 0.2) is 69.3 Å². The van der Waals surface area contributed by atoms with Gasteiger partial charge in [-0.1, -0.05) is 0 Å². The molecule has 0 saturated carbocycles. The Bertz CT molecular complexity index is 1830. The SMILES string of the molecule is O=C([O-])c1cc(NS(=O)(=O)c2cc(S(=O)(=O)[O-])cc(S(=O)(=O)Nc3cc(C(=O)[O-])cc(C(=O)[O-])c3)c2)cc(C(=O)[O-])c1.[Na+].[Na+].[Na+].[Na+].[Na+]. The zero-order valence-electron chi connectivity index (χ0n) is 25.0. The maximum atomic E-state index is 13.0. The molecular formula is C22H11N2Na5O15S3. The molecule has 0 heterocycles. The van der Waals surface area contributed by atoms with Crippen LogP contribution in [0.1, 0.15) is 41.4 Å². The third kappa shape index (κ3) is 13.9. The van der Waals surface area contributed by atoms with Gasteiger partial charge in [-0.15, -0.1) is 0 Å². The second kappa shape index (κ2) is 20.1. The number of hydrogen-bond donors (Lipinski definition) is 2. The molecule has 0 saturated heterocycles. The predicted molar refractivity (Wildman–Crippen MR) is 126 cm³/mol. The van der Waals surface area contributed by atoms with Gasteiger partial charge in [0.2, 0.25) is 0 Å². The van der Waals surface area contributed by atoms with Gasteiger partial charge in [-0.25, -0.2) is 25.3 Å². The molecule has 0 unspecified atom stereocenters. The fourth-order valence-corrected chi connectivity index (χ4v) is 6.26. The van der Waals surface area contributed by atoms with Crippen molar-refractivity contribution in [2.45, 2.75) is 14.7 Å². The second-order valence-corrected chi connectivity index (χ2v) is 12.8. The van der Waals surface area contributed by atoms with Crippen molar-refractivity contribution < 1.29 is 217 Å². The van der Waals surface area contributed by atoms with E-state index in [-0.39, 0.29) is 160 Å². The van der Waals surface area contributed by atoms with E-state index in [0.29, 0.717) is 42.5 Å². The molecule has 25 heteroatoms. The van der Waals surface area contributed by atoms with Gasteiger partial charge in [0, 0.05) is 0 Å². The van der Waals surface area contributed by atoms with Crippen molar-refractivity contribution in [2.75, 3.05) is 9.44 Å². The van der Waals surface area contributed by atoms with Gasteiger partial charge in [0.25, 0.3) is 20.0 Å². The summed E-state index contributed by atoms with van der Waals surface area (Å²) in [6, 6.07) is 4.35. The van der Waals surface area contributed by atoms with Crippen LogP contribution < -0.4 is 178 Å². The Labute approximate surface area is 377 Å². The predicted octanol–water partition coefficient (Wildman–Crippen LogP) is -19.3. The molecule has 0 aliphatic rings. The largest absolute Gasteiger partial charge is 1.00 e. The maximum Gasteiger partial charge on any atom is 1.00 e. The van der Waals surface area contributed by atoms with E-state index in [9.17, 15) is 69.4 Å². The normalized spacial score (nSPS) is 10.6. The summed E-state index contributed by atoms with van der Waals surface area (Å²) in [5.74, 6) is -7.71. The summed E-state index contributed by atoms with van der Waals surface area (Å²) in [4.78, 5) is 40.9. The van der Waals surface area contributed by atoms with Crippen molar-refractivity contribution in [3.63, 3.8) is 0 Å². The second-order valence-electron chi connectivity index (χ2n) is 8.05. The van der Waals surface area contributed by atoms with Crippen molar-refractivity contribution in [3.05, 3.63) is 76.9 Å². The molecule has 0 fully saturated rings. The van der Waals surface area contributed by atoms with Crippen molar-refractivity contribution in [1.82, 2.24) is 0 Å². The minimum absolute atomic E-state index is 0. The van der Waals surface area contributed by atoms with E-state index in [1.54, 1.807) is 9.44 Å². The van der Waals surface area contributed by atoms with Gasteiger partial charge in [-0.3, -0.25) is 9.44 Å². The number of carboxylic acids is 4. The minimum atomic E-state index is -5.56. The van der Waals surface area contributed by atoms with E-state index in [4.69, 9.17) is 0 Å². The monoisotopic (exact) mass is 754 g/mol. The van der Waals surface area contributed by atoms with E-state index in [0.717, 1.165) is 0 Å². The van der Waals surface area contributed by atoms with E-state index in [2.05, 4.69) is 0 Å². The number of carboxylic acid groups (broad SMARTS) is 4. The molecule has 47 heavy (non-hydrogen) atoms. The van der Waals surface area contributed by atoms with Crippen LogP contribution in [0, 0.1) is 0 Å². The Hall–Kier alpha value is -0.0500. The zero-order valence-corrected chi connectivity index (χ0v) is 37.5.